The van der Waals surface area contributed by atoms with Crippen molar-refractivity contribution in [2.24, 2.45) is 0 Å². The van der Waals surface area contributed by atoms with Gasteiger partial charge in [-0.3, -0.25) is 9.69 Å². The molecule has 1 N–H and O–H groups in total. The van der Waals surface area contributed by atoms with Crippen LogP contribution < -0.4 is 5.56 Å². The maximum atomic E-state index is 11.6. The zero-order chi connectivity index (χ0) is 17.5. The quantitative estimate of drug-likeness (QED) is 0.804. The van der Waals surface area contributed by atoms with E-state index in [0.29, 0.717) is 5.92 Å². The van der Waals surface area contributed by atoms with Crippen molar-refractivity contribution in [2.75, 3.05) is 19.6 Å². The SMILES string of the molecule is CC(C)=CCC/C(C)=C/CN1CCC(c2cc(=O)[nH]c(C)n2)CC1. The highest BCUT2D eigenvalue weighted by Gasteiger charge is 2.21. The molecule has 0 atom stereocenters. The Bertz CT molecular complexity index is 645. The third kappa shape index (κ3) is 6.08. The molecule has 0 aromatic carbocycles. The van der Waals surface area contributed by atoms with Gasteiger partial charge >= 0.3 is 0 Å². The van der Waals surface area contributed by atoms with Gasteiger partial charge in [-0.2, -0.15) is 0 Å². The molecule has 1 saturated heterocycles. The lowest BCUT2D eigenvalue weighted by molar-refractivity contribution is 0.230. The Morgan fingerprint density at radius 2 is 2.00 bits per heavy atom. The average molecular weight is 329 g/mol. The Morgan fingerprint density at radius 3 is 2.62 bits per heavy atom. The van der Waals surface area contributed by atoms with E-state index >= 15 is 0 Å². The smallest absolute Gasteiger partial charge is 0.251 e. The van der Waals surface area contributed by atoms with Crippen LogP contribution in [0.15, 0.2) is 34.2 Å². The van der Waals surface area contributed by atoms with E-state index in [1.54, 1.807) is 6.07 Å². The number of rotatable bonds is 6. The summed E-state index contributed by atoms with van der Waals surface area (Å²) in [6, 6.07) is 1.67. The fourth-order valence-electron chi connectivity index (χ4n) is 3.20. The maximum Gasteiger partial charge on any atom is 0.251 e. The lowest BCUT2D eigenvalue weighted by Gasteiger charge is -2.31. The first-order valence-electron chi connectivity index (χ1n) is 9.03. The van der Waals surface area contributed by atoms with Crippen molar-refractivity contribution in [1.29, 1.82) is 0 Å². The zero-order valence-corrected chi connectivity index (χ0v) is 15.6. The van der Waals surface area contributed by atoms with Gasteiger partial charge in [0.1, 0.15) is 5.82 Å². The standard InChI is InChI=1S/C20H31N3O/c1-15(2)6-5-7-16(3)8-11-23-12-9-18(10-13-23)19-14-20(24)22-17(4)21-19/h6,8,14,18H,5,7,9-13H2,1-4H3,(H,21,22,24)/b16-8+. The van der Waals surface area contributed by atoms with E-state index in [1.807, 2.05) is 6.92 Å². The highest BCUT2D eigenvalue weighted by Crippen LogP contribution is 2.25. The molecule has 1 aromatic rings. The predicted octanol–water partition coefficient (Wildman–Crippen LogP) is 3.95. The van der Waals surface area contributed by atoms with Gasteiger partial charge in [0, 0.05) is 18.5 Å². The molecule has 0 saturated carbocycles. The molecule has 0 spiro atoms. The van der Waals surface area contributed by atoms with E-state index < -0.39 is 0 Å². The second-order valence-electron chi connectivity index (χ2n) is 7.20. The molecule has 0 bridgehead atoms. The molecule has 24 heavy (non-hydrogen) atoms. The topological polar surface area (TPSA) is 49.0 Å². The van der Waals surface area contributed by atoms with Crippen LogP contribution in [0.2, 0.25) is 0 Å². The van der Waals surface area contributed by atoms with Crippen molar-refractivity contribution in [3.05, 3.63) is 51.2 Å². The minimum atomic E-state index is -0.0325. The molecule has 1 aromatic heterocycles. The summed E-state index contributed by atoms with van der Waals surface area (Å²) in [6.45, 7) is 11.6. The van der Waals surface area contributed by atoms with Gasteiger partial charge in [-0.15, -0.1) is 0 Å². The molecule has 0 unspecified atom stereocenters. The molecule has 1 aliphatic rings. The molecule has 2 rings (SSSR count). The molecular weight excluding hydrogens is 298 g/mol. The Kier molecular flexibility index (Phi) is 6.98. The number of hydrogen-bond donors (Lipinski definition) is 1. The van der Waals surface area contributed by atoms with Gasteiger partial charge in [-0.05, 0) is 66.5 Å². The highest BCUT2D eigenvalue weighted by atomic mass is 16.1. The summed E-state index contributed by atoms with van der Waals surface area (Å²) in [5.41, 5.74) is 3.80. The van der Waals surface area contributed by atoms with Crippen molar-refractivity contribution in [3.63, 3.8) is 0 Å². The van der Waals surface area contributed by atoms with Gasteiger partial charge in [0.2, 0.25) is 0 Å². The monoisotopic (exact) mass is 329 g/mol. The van der Waals surface area contributed by atoms with Crippen molar-refractivity contribution >= 4 is 0 Å². The van der Waals surface area contributed by atoms with Crippen LogP contribution in [-0.2, 0) is 0 Å². The normalized spacial score (nSPS) is 17.1. The van der Waals surface area contributed by atoms with Gasteiger partial charge in [0.15, 0.2) is 0 Å². The fraction of sp³-hybridized carbons (Fsp3) is 0.600. The zero-order valence-electron chi connectivity index (χ0n) is 15.6. The molecule has 0 amide bonds. The largest absolute Gasteiger partial charge is 0.311 e. The van der Waals surface area contributed by atoms with Crippen molar-refractivity contribution in [3.8, 4) is 0 Å². The summed E-state index contributed by atoms with van der Waals surface area (Å²) in [5, 5.41) is 0. The average Bonchev–Trinajstić information content (AvgIpc) is 2.52. The lowest BCUT2D eigenvalue weighted by Crippen LogP contribution is -2.33. The van der Waals surface area contributed by atoms with Crippen LogP contribution in [0.5, 0.6) is 0 Å². The molecule has 4 nitrogen and oxygen atoms in total. The number of aromatic nitrogens is 2. The van der Waals surface area contributed by atoms with E-state index in [9.17, 15) is 4.79 Å². The summed E-state index contributed by atoms with van der Waals surface area (Å²) in [5.74, 6) is 1.14. The highest BCUT2D eigenvalue weighted by molar-refractivity contribution is 5.10. The summed E-state index contributed by atoms with van der Waals surface area (Å²) in [4.78, 5) is 21.3. The molecule has 4 heteroatoms. The molecule has 2 heterocycles. The molecule has 1 fully saturated rings. The fourth-order valence-corrected chi connectivity index (χ4v) is 3.20. The second-order valence-corrected chi connectivity index (χ2v) is 7.20. The summed E-state index contributed by atoms with van der Waals surface area (Å²) in [7, 11) is 0. The molecule has 132 valence electrons. The second kappa shape index (κ2) is 8.97. The van der Waals surface area contributed by atoms with E-state index in [0.717, 1.165) is 56.8 Å². The van der Waals surface area contributed by atoms with Crippen LogP contribution in [-0.4, -0.2) is 34.5 Å². The van der Waals surface area contributed by atoms with Crippen molar-refractivity contribution < 1.29 is 0 Å². The van der Waals surface area contributed by atoms with E-state index in [-0.39, 0.29) is 5.56 Å². The number of aromatic amines is 1. The van der Waals surface area contributed by atoms with Gasteiger partial charge in [-0.25, -0.2) is 4.98 Å². The van der Waals surface area contributed by atoms with Gasteiger partial charge in [-0.1, -0.05) is 23.3 Å². The number of hydrogen-bond acceptors (Lipinski definition) is 3. The molecule has 0 radical (unpaired) electrons. The number of nitrogens with one attached hydrogen (secondary N) is 1. The number of allylic oxidation sites excluding steroid dienone is 3. The first-order chi connectivity index (χ1) is 11.4. The number of H-pyrrole nitrogens is 1. The first-order valence-corrected chi connectivity index (χ1v) is 9.03. The van der Waals surface area contributed by atoms with E-state index in [4.69, 9.17) is 0 Å². The Labute approximate surface area is 145 Å². The maximum absolute atomic E-state index is 11.6. The minimum Gasteiger partial charge on any atom is -0.311 e. The van der Waals surface area contributed by atoms with Crippen molar-refractivity contribution in [1.82, 2.24) is 14.9 Å². The van der Waals surface area contributed by atoms with Crippen LogP contribution in [0.1, 0.15) is 63.9 Å². The summed E-state index contributed by atoms with van der Waals surface area (Å²) < 4.78 is 0. The Balaban J connectivity index is 1.80. The third-order valence-electron chi connectivity index (χ3n) is 4.67. The first kappa shape index (κ1) is 18.7. The number of likely N-dealkylation sites (tertiary alicyclic amines) is 1. The third-order valence-corrected chi connectivity index (χ3v) is 4.67. The van der Waals surface area contributed by atoms with Crippen LogP contribution in [0, 0.1) is 6.92 Å². The van der Waals surface area contributed by atoms with Crippen LogP contribution >= 0.6 is 0 Å². The van der Waals surface area contributed by atoms with Crippen LogP contribution in [0.25, 0.3) is 0 Å². The molecular formula is C20H31N3O. The number of aryl methyl sites for hydroxylation is 1. The number of nitrogens with zero attached hydrogens (tertiary/aromatic N) is 2. The molecule has 1 aliphatic heterocycles. The van der Waals surface area contributed by atoms with Gasteiger partial charge < -0.3 is 4.98 Å². The van der Waals surface area contributed by atoms with Crippen molar-refractivity contribution in [2.45, 2.75) is 59.3 Å². The minimum absolute atomic E-state index is 0.0325. The Hall–Kier alpha value is -1.68. The number of piperidine rings is 1. The summed E-state index contributed by atoms with van der Waals surface area (Å²) in [6.07, 6.45) is 9.13. The summed E-state index contributed by atoms with van der Waals surface area (Å²) >= 11 is 0. The van der Waals surface area contributed by atoms with Gasteiger partial charge in [0.25, 0.3) is 5.56 Å². The van der Waals surface area contributed by atoms with E-state index in [1.165, 1.54) is 11.1 Å². The molecule has 0 aliphatic carbocycles. The Morgan fingerprint density at radius 1 is 1.29 bits per heavy atom. The lowest BCUT2D eigenvalue weighted by atomic mass is 9.93. The van der Waals surface area contributed by atoms with E-state index in [2.05, 4.69) is 47.8 Å². The van der Waals surface area contributed by atoms with Gasteiger partial charge in [0.05, 0.1) is 5.69 Å². The van der Waals surface area contributed by atoms with Crippen LogP contribution in [0.4, 0.5) is 0 Å². The predicted molar refractivity (Wildman–Crippen MR) is 100 cm³/mol. The van der Waals surface area contributed by atoms with Crippen LogP contribution in [0.3, 0.4) is 0 Å².